The van der Waals surface area contributed by atoms with Gasteiger partial charge in [-0.25, -0.2) is 0 Å². The van der Waals surface area contributed by atoms with E-state index in [1.165, 1.54) is 10.5 Å². The molecule has 0 saturated heterocycles. The first kappa shape index (κ1) is 19.8. The van der Waals surface area contributed by atoms with Gasteiger partial charge in [0, 0.05) is 32.1 Å². The summed E-state index contributed by atoms with van der Waals surface area (Å²) in [5.41, 5.74) is 1.27. The van der Waals surface area contributed by atoms with Gasteiger partial charge in [-0.2, -0.15) is 0 Å². The Balaban J connectivity index is 2.49. The van der Waals surface area contributed by atoms with Gasteiger partial charge in [0.1, 0.15) is 0 Å². The first-order valence-electron chi connectivity index (χ1n) is 7.90. The van der Waals surface area contributed by atoms with Crippen molar-refractivity contribution < 1.29 is 9.47 Å². The molecule has 0 aromatic heterocycles. The molecule has 0 aliphatic rings. The monoisotopic (exact) mass is 339 g/mol. The van der Waals surface area contributed by atoms with E-state index in [0.717, 1.165) is 19.0 Å². The first-order valence-corrected chi connectivity index (χ1v) is 9.12. The predicted molar refractivity (Wildman–Crippen MR) is 98.4 cm³/mol. The molecule has 1 rings (SSSR count). The van der Waals surface area contributed by atoms with Crippen LogP contribution < -0.4 is 5.32 Å². The van der Waals surface area contributed by atoms with Crippen LogP contribution in [0.5, 0.6) is 0 Å². The fourth-order valence-electron chi connectivity index (χ4n) is 2.01. The minimum atomic E-state index is 0.606. The molecule has 6 heteroatoms. The summed E-state index contributed by atoms with van der Waals surface area (Å²) < 4.78 is 10.4. The zero-order valence-electron chi connectivity index (χ0n) is 14.7. The number of nitrogens with zero attached hydrogens (tertiary/aromatic N) is 2. The van der Waals surface area contributed by atoms with Crippen molar-refractivity contribution in [3.63, 3.8) is 0 Å². The van der Waals surface area contributed by atoms with Gasteiger partial charge in [-0.05, 0) is 30.9 Å². The van der Waals surface area contributed by atoms with E-state index in [1.807, 2.05) is 0 Å². The number of aliphatic imine (C=N–C) groups is 1. The highest BCUT2D eigenvalue weighted by atomic mass is 32.2. The van der Waals surface area contributed by atoms with Crippen molar-refractivity contribution in [3.8, 4) is 0 Å². The van der Waals surface area contributed by atoms with E-state index in [-0.39, 0.29) is 0 Å². The summed E-state index contributed by atoms with van der Waals surface area (Å²) in [7, 11) is 3.72. The van der Waals surface area contributed by atoms with Gasteiger partial charge in [-0.15, -0.1) is 11.8 Å². The molecule has 0 aliphatic carbocycles. The van der Waals surface area contributed by atoms with Crippen LogP contribution in [0.4, 0.5) is 0 Å². The normalized spacial score (nSPS) is 11.6. The molecular formula is C17H29N3O2S. The molecule has 0 amide bonds. The molecule has 0 radical (unpaired) electrons. The summed E-state index contributed by atoms with van der Waals surface area (Å²) in [5.74, 6) is 0.900. The molecule has 5 nitrogen and oxygen atoms in total. The smallest absolute Gasteiger partial charge is 0.194 e. The van der Waals surface area contributed by atoms with Crippen LogP contribution >= 0.6 is 11.8 Å². The molecule has 0 saturated carbocycles. The molecule has 1 N–H and O–H groups in total. The van der Waals surface area contributed by atoms with Gasteiger partial charge in [-0.1, -0.05) is 12.1 Å². The van der Waals surface area contributed by atoms with E-state index in [9.17, 15) is 0 Å². The quantitative estimate of drug-likeness (QED) is 0.307. The second-order valence-corrected chi connectivity index (χ2v) is 5.92. The summed E-state index contributed by atoms with van der Waals surface area (Å²) in [6.45, 7) is 6.22. The van der Waals surface area contributed by atoms with Crippen LogP contribution in [0.25, 0.3) is 0 Å². The lowest BCUT2D eigenvalue weighted by atomic mass is 10.2. The lowest BCUT2D eigenvalue weighted by Crippen LogP contribution is -2.38. The molecule has 0 heterocycles. The van der Waals surface area contributed by atoms with Crippen molar-refractivity contribution in [2.75, 3.05) is 53.3 Å². The van der Waals surface area contributed by atoms with Crippen molar-refractivity contribution in [2.24, 2.45) is 4.99 Å². The molecule has 0 atom stereocenters. The first-order chi connectivity index (χ1) is 11.2. The standard InChI is InChI=1S/C17H29N3O2S/c1-5-18-17(19-10-11-22-13-12-21-3)20(2)14-15-6-8-16(23-4)9-7-15/h6-9H,5,10-14H2,1-4H3,(H,18,19). The highest BCUT2D eigenvalue weighted by Crippen LogP contribution is 2.15. The Morgan fingerprint density at radius 2 is 1.96 bits per heavy atom. The molecule has 0 unspecified atom stereocenters. The van der Waals surface area contributed by atoms with Gasteiger partial charge < -0.3 is 19.7 Å². The number of benzene rings is 1. The summed E-state index contributed by atoms with van der Waals surface area (Å²) in [5, 5.41) is 3.32. The maximum atomic E-state index is 5.45. The van der Waals surface area contributed by atoms with E-state index in [4.69, 9.17) is 9.47 Å². The van der Waals surface area contributed by atoms with E-state index in [1.54, 1.807) is 18.9 Å². The molecule has 130 valence electrons. The number of guanidine groups is 1. The Morgan fingerprint density at radius 1 is 1.22 bits per heavy atom. The van der Waals surface area contributed by atoms with Crippen LogP contribution in [0.2, 0.25) is 0 Å². The average Bonchev–Trinajstić information content (AvgIpc) is 2.57. The molecule has 1 aromatic rings. The van der Waals surface area contributed by atoms with Crippen molar-refractivity contribution in [1.29, 1.82) is 0 Å². The Hall–Kier alpha value is -1.24. The number of thioether (sulfide) groups is 1. The third-order valence-electron chi connectivity index (χ3n) is 3.20. The Morgan fingerprint density at radius 3 is 2.57 bits per heavy atom. The highest BCUT2D eigenvalue weighted by Gasteiger charge is 2.06. The van der Waals surface area contributed by atoms with E-state index >= 15 is 0 Å². The van der Waals surface area contributed by atoms with Gasteiger partial charge in [0.05, 0.1) is 26.4 Å². The molecule has 0 fully saturated rings. The van der Waals surface area contributed by atoms with Crippen LogP contribution in [0.15, 0.2) is 34.2 Å². The van der Waals surface area contributed by atoms with E-state index in [2.05, 4.69) is 59.7 Å². The zero-order chi connectivity index (χ0) is 16.9. The summed E-state index contributed by atoms with van der Waals surface area (Å²) in [4.78, 5) is 8.02. The number of nitrogens with one attached hydrogen (secondary N) is 1. The van der Waals surface area contributed by atoms with Crippen molar-refractivity contribution in [3.05, 3.63) is 29.8 Å². The lowest BCUT2D eigenvalue weighted by molar-refractivity contribution is 0.0747. The maximum absolute atomic E-state index is 5.45. The van der Waals surface area contributed by atoms with Crippen molar-refractivity contribution >= 4 is 17.7 Å². The number of hydrogen-bond donors (Lipinski definition) is 1. The Bertz CT molecular complexity index is 452. The molecule has 23 heavy (non-hydrogen) atoms. The van der Waals surface area contributed by atoms with Gasteiger partial charge in [0.25, 0.3) is 0 Å². The third-order valence-corrected chi connectivity index (χ3v) is 3.95. The van der Waals surface area contributed by atoms with Crippen LogP contribution in [-0.2, 0) is 16.0 Å². The number of methoxy groups -OCH3 is 1. The second kappa shape index (κ2) is 12.2. The largest absolute Gasteiger partial charge is 0.382 e. The topological polar surface area (TPSA) is 46.1 Å². The van der Waals surface area contributed by atoms with Crippen LogP contribution in [0.1, 0.15) is 12.5 Å². The van der Waals surface area contributed by atoms with Crippen molar-refractivity contribution in [1.82, 2.24) is 10.2 Å². The molecule has 0 aliphatic heterocycles. The fraction of sp³-hybridized carbons (Fsp3) is 0.588. The Kier molecular flexibility index (Phi) is 10.5. The van der Waals surface area contributed by atoms with E-state index < -0.39 is 0 Å². The SMILES string of the molecule is CCNC(=NCCOCCOC)N(C)Cc1ccc(SC)cc1. The van der Waals surface area contributed by atoms with Crippen molar-refractivity contribution in [2.45, 2.75) is 18.4 Å². The van der Waals surface area contributed by atoms with Crippen LogP contribution in [0, 0.1) is 0 Å². The number of hydrogen-bond acceptors (Lipinski definition) is 4. The van der Waals surface area contributed by atoms with Crippen LogP contribution in [0.3, 0.4) is 0 Å². The third kappa shape index (κ3) is 8.25. The summed E-state index contributed by atoms with van der Waals surface area (Å²) in [6.07, 6.45) is 2.09. The van der Waals surface area contributed by atoms with E-state index in [0.29, 0.717) is 26.4 Å². The Labute approximate surface area is 144 Å². The van der Waals surface area contributed by atoms with Gasteiger partial charge in [0.15, 0.2) is 5.96 Å². The van der Waals surface area contributed by atoms with Gasteiger partial charge >= 0.3 is 0 Å². The number of ether oxygens (including phenoxy) is 2. The molecular weight excluding hydrogens is 310 g/mol. The fourth-order valence-corrected chi connectivity index (χ4v) is 2.42. The second-order valence-electron chi connectivity index (χ2n) is 5.04. The minimum Gasteiger partial charge on any atom is -0.382 e. The molecule has 1 aromatic carbocycles. The summed E-state index contributed by atoms with van der Waals surface area (Å²) >= 11 is 1.76. The highest BCUT2D eigenvalue weighted by molar-refractivity contribution is 7.98. The van der Waals surface area contributed by atoms with Crippen LogP contribution in [-0.4, -0.2) is 64.2 Å². The maximum Gasteiger partial charge on any atom is 0.194 e. The summed E-state index contributed by atoms with van der Waals surface area (Å²) in [6, 6.07) is 8.64. The zero-order valence-corrected chi connectivity index (χ0v) is 15.5. The van der Waals surface area contributed by atoms with Gasteiger partial charge in [0.2, 0.25) is 0 Å². The molecule has 0 spiro atoms. The van der Waals surface area contributed by atoms with Gasteiger partial charge in [-0.3, -0.25) is 4.99 Å². The lowest BCUT2D eigenvalue weighted by Gasteiger charge is -2.22. The average molecular weight is 340 g/mol. The predicted octanol–water partition coefficient (Wildman–Crippen LogP) is 2.47. The molecule has 0 bridgehead atoms. The minimum absolute atomic E-state index is 0.606. The number of rotatable bonds is 10.